The Morgan fingerprint density at radius 1 is 1.60 bits per heavy atom. The van der Waals surface area contributed by atoms with Gasteiger partial charge >= 0.3 is 5.97 Å². The zero-order valence-electron chi connectivity index (χ0n) is 8.26. The zero-order chi connectivity index (χ0) is 11.0. The molecule has 2 aromatic heterocycles. The van der Waals surface area contributed by atoms with E-state index in [1.165, 1.54) is 19.4 Å². The predicted octanol–water partition coefficient (Wildman–Crippen LogP) is 0.675. The van der Waals surface area contributed by atoms with Crippen LogP contribution in [-0.4, -0.2) is 32.7 Å². The lowest BCUT2D eigenvalue weighted by molar-refractivity contribution is 0.0690. The van der Waals surface area contributed by atoms with Gasteiger partial charge in [0, 0.05) is 7.05 Å². The fourth-order valence-electron chi connectivity index (χ4n) is 1.37. The van der Waals surface area contributed by atoms with E-state index in [2.05, 4.69) is 9.97 Å². The SMILES string of the molecule is COc1nc2cnc(C(=O)O)cc2n1C. The van der Waals surface area contributed by atoms with Crippen LogP contribution in [0, 0.1) is 0 Å². The van der Waals surface area contributed by atoms with Crippen molar-refractivity contribution >= 4 is 17.0 Å². The molecule has 0 bridgehead atoms. The Kier molecular flexibility index (Phi) is 2.03. The molecule has 0 atom stereocenters. The minimum absolute atomic E-state index is 0.00634. The van der Waals surface area contributed by atoms with Crippen LogP contribution in [0.2, 0.25) is 0 Å². The van der Waals surface area contributed by atoms with Gasteiger partial charge in [-0.15, -0.1) is 0 Å². The maximum absolute atomic E-state index is 10.7. The van der Waals surface area contributed by atoms with Crippen LogP contribution in [0.15, 0.2) is 12.3 Å². The maximum Gasteiger partial charge on any atom is 0.354 e. The zero-order valence-corrected chi connectivity index (χ0v) is 8.26. The second-order valence-electron chi connectivity index (χ2n) is 3.02. The number of carbonyl (C=O) groups is 1. The highest BCUT2D eigenvalue weighted by Crippen LogP contribution is 2.19. The van der Waals surface area contributed by atoms with Crippen molar-refractivity contribution in [3.8, 4) is 6.01 Å². The van der Waals surface area contributed by atoms with E-state index in [4.69, 9.17) is 9.84 Å². The van der Waals surface area contributed by atoms with Crippen LogP contribution in [0.4, 0.5) is 0 Å². The molecule has 0 radical (unpaired) electrons. The molecule has 0 aliphatic rings. The van der Waals surface area contributed by atoms with Gasteiger partial charge in [0.15, 0.2) is 0 Å². The minimum atomic E-state index is -1.06. The summed E-state index contributed by atoms with van der Waals surface area (Å²) in [6.45, 7) is 0. The molecule has 2 aromatic rings. The first-order valence-corrected chi connectivity index (χ1v) is 4.23. The highest BCUT2D eigenvalue weighted by atomic mass is 16.5. The van der Waals surface area contributed by atoms with E-state index in [0.29, 0.717) is 17.0 Å². The van der Waals surface area contributed by atoms with E-state index in [0.717, 1.165) is 0 Å². The number of hydrogen-bond acceptors (Lipinski definition) is 4. The number of aromatic carboxylic acids is 1. The molecular weight excluding hydrogens is 198 g/mol. The second-order valence-corrected chi connectivity index (χ2v) is 3.02. The number of methoxy groups -OCH3 is 1. The van der Waals surface area contributed by atoms with Gasteiger partial charge in [0.05, 0.1) is 18.8 Å². The van der Waals surface area contributed by atoms with E-state index in [9.17, 15) is 4.79 Å². The van der Waals surface area contributed by atoms with Gasteiger partial charge in [-0.05, 0) is 6.07 Å². The lowest BCUT2D eigenvalue weighted by atomic mass is 10.3. The summed E-state index contributed by atoms with van der Waals surface area (Å²) in [5.74, 6) is -1.06. The molecular formula is C9H9N3O3. The Balaban J connectivity index is 2.70. The molecule has 2 heterocycles. The van der Waals surface area contributed by atoms with Crippen molar-refractivity contribution in [2.24, 2.45) is 7.05 Å². The summed E-state index contributed by atoms with van der Waals surface area (Å²) >= 11 is 0. The summed E-state index contributed by atoms with van der Waals surface area (Å²) in [5, 5.41) is 8.78. The second kappa shape index (κ2) is 3.23. The van der Waals surface area contributed by atoms with Gasteiger partial charge in [-0.3, -0.25) is 4.57 Å². The van der Waals surface area contributed by atoms with Crippen molar-refractivity contribution in [2.45, 2.75) is 0 Å². The Morgan fingerprint density at radius 3 is 2.93 bits per heavy atom. The fraction of sp³-hybridized carbons (Fsp3) is 0.222. The highest BCUT2D eigenvalue weighted by Gasteiger charge is 2.11. The van der Waals surface area contributed by atoms with Crippen LogP contribution >= 0.6 is 0 Å². The van der Waals surface area contributed by atoms with E-state index in [-0.39, 0.29) is 5.69 Å². The molecule has 6 nitrogen and oxygen atoms in total. The minimum Gasteiger partial charge on any atom is -0.477 e. The first kappa shape index (κ1) is 9.45. The Morgan fingerprint density at radius 2 is 2.33 bits per heavy atom. The number of nitrogens with zero attached hydrogens (tertiary/aromatic N) is 3. The Hall–Kier alpha value is -2.11. The lowest BCUT2D eigenvalue weighted by Gasteiger charge is -1.98. The summed E-state index contributed by atoms with van der Waals surface area (Å²) in [5.41, 5.74) is 1.28. The van der Waals surface area contributed by atoms with Gasteiger partial charge in [0.25, 0.3) is 6.01 Å². The molecule has 0 aromatic carbocycles. The molecule has 0 fully saturated rings. The van der Waals surface area contributed by atoms with E-state index in [1.807, 2.05) is 0 Å². The number of rotatable bonds is 2. The predicted molar refractivity (Wildman–Crippen MR) is 52.0 cm³/mol. The lowest BCUT2D eigenvalue weighted by Crippen LogP contribution is -2.00. The van der Waals surface area contributed by atoms with E-state index < -0.39 is 5.97 Å². The summed E-state index contributed by atoms with van der Waals surface area (Å²) in [6, 6.07) is 1.89. The van der Waals surface area contributed by atoms with Crippen molar-refractivity contribution in [3.63, 3.8) is 0 Å². The monoisotopic (exact) mass is 207 g/mol. The average molecular weight is 207 g/mol. The van der Waals surface area contributed by atoms with Crippen LogP contribution in [0.1, 0.15) is 10.5 Å². The number of aryl methyl sites for hydroxylation is 1. The number of pyridine rings is 1. The van der Waals surface area contributed by atoms with Crippen molar-refractivity contribution in [1.29, 1.82) is 0 Å². The normalized spacial score (nSPS) is 10.5. The highest BCUT2D eigenvalue weighted by molar-refractivity contribution is 5.90. The number of carboxylic acid groups (broad SMARTS) is 1. The summed E-state index contributed by atoms with van der Waals surface area (Å²) in [7, 11) is 3.26. The number of hydrogen-bond donors (Lipinski definition) is 1. The van der Waals surface area contributed by atoms with Gasteiger partial charge in [-0.2, -0.15) is 4.98 Å². The molecule has 0 aliphatic carbocycles. The number of aromatic nitrogens is 3. The first-order chi connectivity index (χ1) is 7.13. The van der Waals surface area contributed by atoms with Crippen LogP contribution in [-0.2, 0) is 7.05 Å². The molecule has 0 saturated carbocycles. The van der Waals surface area contributed by atoms with Crippen molar-refractivity contribution in [1.82, 2.24) is 14.5 Å². The number of carboxylic acids is 1. The quantitative estimate of drug-likeness (QED) is 0.783. The molecule has 78 valence electrons. The molecule has 2 rings (SSSR count). The summed E-state index contributed by atoms with van der Waals surface area (Å²) in [4.78, 5) is 18.6. The van der Waals surface area contributed by atoms with Gasteiger partial charge < -0.3 is 9.84 Å². The molecule has 0 amide bonds. The number of fused-ring (bicyclic) bond motifs is 1. The average Bonchev–Trinajstić information content (AvgIpc) is 2.55. The molecule has 0 aliphatic heterocycles. The topological polar surface area (TPSA) is 77.2 Å². The third kappa shape index (κ3) is 1.39. The van der Waals surface area contributed by atoms with Crippen LogP contribution in [0.25, 0.3) is 11.0 Å². The van der Waals surface area contributed by atoms with Gasteiger partial charge in [0.1, 0.15) is 11.2 Å². The Labute approximate surface area is 85.1 Å². The molecule has 15 heavy (non-hydrogen) atoms. The number of ether oxygens (including phenoxy) is 1. The molecule has 6 heteroatoms. The molecule has 0 unspecified atom stereocenters. The molecule has 0 saturated heterocycles. The summed E-state index contributed by atoms with van der Waals surface area (Å²) < 4.78 is 6.68. The smallest absolute Gasteiger partial charge is 0.354 e. The number of imidazole rings is 1. The van der Waals surface area contributed by atoms with Gasteiger partial charge in [-0.1, -0.05) is 0 Å². The van der Waals surface area contributed by atoms with Crippen molar-refractivity contribution in [3.05, 3.63) is 18.0 Å². The van der Waals surface area contributed by atoms with Crippen molar-refractivity contribution in [2.75, 3.05) is 7.11 Å². The Bertz CT molecular complexity index is 533. The van der Waals surface area contributed by atoms with E-state index in [1.54, 1.807) is 11.6 Å². The third-order valence-electron chi connectivity index (χ3n) is 2.13. The van der Waals surface area contributed by atoms with E-state index >= 15 is 0 Å². The third-order valence-corrected chi connectivity index (χ3v) is 2.13. The fourth-order valence-corrected chi connectivity index (χ4v) is 1.37. The standard InChI is InChI=1S/C9H9N3O3/c1-12-7-3-5(8(13)14)10-4-6(7)11-9(12)15-2/h3-4H,1-2H3,(H,13,14). The van der Waals surface area contributed by atoms with Crippen LogP contribution in [0.3, 0.4) is 0 Å². The maximum atomic E-state index is 10.7. The van der Waals surface area contributed by atoms with Gasteiger partial charge in [0.2, 0.25) is 0 Å². The van der Waals surface area contributed by atoms with Crippen LogP contribution in [0.5, 0.6) is 6.01 Å². The van der Waals surface area contributed by atoms with Crippen molar-refractivity contribution < 1.29 is 14.6 Å². The van der Waals surface area contributed by atoms with Crippen LogP contribution < -0.4 is 4.74 Å². The molecule has 0 spiro atoms. The molecule has 1 N–H and O–H groups in total. The largest absolute Gasteiger partial charge is 0.477 e. The summed E-state index contributed by atoms with van der Waals surface area (Å²) in [6.07, 6.45) is 1.42. The first-order valence-electron chi connectivity index (χ1n) is 4.23. The van der Waals surface area contributed by atoms with Gasteiger partial charge in [-0.25, -0.2) is 9.78 Å².